The molecule has 3 nitrogen and oxygen atoms in total. The van der Waals surface area contributed by atoms with Crippen LogP contribution in [0.4, 0.5) is 0 Å². The van der Waals surface area contributed by atoms with Crippen molar-refractivity contribution in [1.82, 2.24) is 15.1 Å². The van der Waals surface area contributed by atoms with Crippen LogP contribution in [0, 0.1) is 0 Å². The van der Waals surface area contributed by atoms with Crippen molar-refractivity contribution < 1.29 is 0 Å². The van der Waals surface area contributed by atoms with Crippen molar-refractivity contribution in [2.75, 3.05) is 11.5 Å². The molecular formula is C15H23N3S. The zero-order valence-corrected chi connectivity index (χ0v) is 12.8. The molecule has 19 heavy (non-hydrogen) atoms. The van der Waals surface area contributed by atoms with Gasteiger partial charge in [0.2, 0.25) is 0 Å². The lowest BCUT2D eigenvalue weighted by Gasteiger charge is -2.11. The molecule has 0 bridgehead atoms. The number of rotatable bonds is 7. The number of benzene rings is 1. The quantitative estimate of drug-likeness (QED) is 0.842. The van der Waals surface area contributed by atoms with Crippen molar-refractivity contribution in [3.05, 3.63) is 30.0 Å². The number of fused-ring (bicyclic) bond motifs is 1. The summed E-state index contributed by atoms with van der Waals surface area (Å²) in [6, 6.07) is 9.00. The third-order valence-electron chi connectivity index (χ3n) is 3.22. The summed E-state index contributed by atoms with van der Waals surface area (Å²) >= 11 is 1.98. The van der Waals surface area contributed by atoms with Gasteiger partial charge in [-0.2, -0.15) is 16.9 Å². The van der Waals surface area contributed by atoms with Crippen LogP contribution in [0.2, 0.25) is 0 Å². The predicted octanol–water partition coefficient (Wildman–Crippen LogP) is 3.29. The largest absolute Gasteiger partial charge is 0.308 e. The predicted molar refractivity (Wildman–Crippen MR) is 84.7 cm³/mol. The molecule has 1 unspecified atom stereocenters. The molecule has 1 aromatic heterocycles. The molecule has 0 spiro atoms. The maximum atomic E-state index is 4.71. The second-order valence-corrected chi connectivity index (χ2v) is 6.04. The van der Waals surface area contributed by atoms with E-state index in [2.05, 4.69) is 55.0 Å². The fourth-order valence-electron chi connectivity index (χ4n) is 2.19. The monoisotopic (exact) mass is 277 g/mol. The average Bonchev–Trinajstić information content (AvgIpc) is 2.81. The van der Waals surface area contributed by atoms with E-state index in [0.29, 0.717) is 6.04 Å². The Kier molecular flexibility index (Phi) is 5.28. The van der Waals surface area contributed by atoms with E-state index in [1.54, 1.807) is 0 Å². The molecule has 0 saturated heterocycles. The van der Waals surface area contributed by atoms with Crippen LogP contribution in [0.3, 0.4) is 0 Å². The first-order valence-electron chi connectivity index (χ1n) is 7.01. The number of thioether (sulfide) groups is 1. The number of hydrogen-bond acceptors (Lipinski definition) is 3. The fourth-order valence-corrected chi connectivity index (χ4v) is 2.90. The third kappa shape index (κ3) is 3.51. The molecule has 1 aromatic carbocycles. The lowest BCUT2D eigenvalue weighted by atomic mass is 10.2. The second kappa shape index (κ2) is 6.96. The van der Waals surface area contributed by atoms with Crippen LogP contribution in [-0.4, -0.2) is 27.3 Å². The van der Waals surface area contributed by atoms with Crippen LogP contribution in [0.25, 0.3) is 10.9 Å². The van der Waals surface area contributed by atoms with Gasteiger partial charge in [0.05, 0.1) is 11.2 Å². The van der Waals surface area contributed by atoms with E-state index in [-0.39, 0.29) is 0 Å². The molecule has 4 heteroatoms. The first-order chi connectivity index (χ1) is 9.26. The van der Waals surface area contributed by atoms with E-state index in [0.717, 1.165) is 24.5 Å². The van der Waals surface area contributed by atoms with Gasteiger partial charge in [-0.05, 0) is 25.7 Å². The van der Waals surface area contributed by atoms with Crippen LogP contribution < -0.4 is 5.32 Å². The summed E-state index contributed by atoms with van der Waals surface area (Å²) in [5.41, 5.74) is 2.39. The number of hydrogen-bond donors (Lipinski definition) is 1. The van der Waals surface area contributed by atoms with E-state index in [1.165, 1.54) is 16.7 Å². The Morgan fingerprint density at radius 2 is 2.11 bits per heavy atom. The second-order valence-electron chi connectivity index (χ2n) is 4.72. The summed E-state index contributed by atoms with van der Waals surface area (Å²) < 4.78 is 2.08. The number of para-hydroxylation sites is 1. The molecule has 0 aliphatic rings. The highest BCUT2D eigenvalue weighted by Gasteiger charge is 2.09. The molecule has 0 aliphatic carbocycles. The standard InChI is InChI=1S/C15H23N3S/c1-4-18-15-9-7-6-8-13(15)14(17-18)10-16-12(3)11-19-5-2/h6-9,12,16H,4-5,10-11H2,1-3H3. The van der Waals surface area contributed by atoms with Crippen LogP contribution in [0.1, 0.15) is 26.5 Å². The summed E-state index contributed by atoms with van der Waals surface area (Å²) in [6.07, 6.45) is 0. The van der Waals surface area contributed by atoms with Gasteiger partial charge in [-0.25, -0.2) is 0 Å². The highest BCUT2D eigenvalue weighted by Crippen LogP contribution is 2.18. The van der Waals surface area contributed by atoms with Gasteiger partial charge in [-0.15, -0.1) is 0 Å². The Hall–Kier alpha value is -1.00. The molecule has 0 fully saturated rings. The molecular weight excluding hydrogens is 254 g/mol. The fraction of sp³-hybridized carbons (Fsp3) is 0.533. The zero-order chi connectivity index (χ0) is 13.7. The van der Waals surface area contributed by atoms with Crippen LogP contribution in [-0.2, 0) is 13.1 Å². The van der Waals surface area contributed by atoms with Gasteiger partial charge < -0.3 is 5.32 Å². The number of aromatic nitrogens is 2. The first-order valence-corrected chi connectivity index (χ1v) is 8.17. The Labute approximate surface area is 119 Å². The molecule has 0 radical (unpaired) electrons. The molecule has 2 rings (SSSR count). The number of nitrogens with zero attached hydrogens (tertiary/aromatic N) is 2. The molecule has 1 atom stereocenters. The Balaban J connectivity index is 2.08. The minimum Gasteiger partial charge on any atom is -0.308 e. The summed E-state index contributed by atoms with van der Waals surface area (Å²) in [5.74, 6) is 2.34. The van der Waals surface area contributed by atoms with E-state index >= 15 is 0 Å². The van der Waals surface area contributed by atoms with Crippen molar-refractivity contribution in [2.45, 2.75) is 39.9 Å². The van der Waals surface area contributed by atoms with Crippen molar-refractivity contribution in [3.8, 4) is 0 Å². The molecule has 1 heterocycles. The zero-order valence-electron chi connectivity index (χ0n) is 12.0. The third-order valence-corrected chi connectivity index (χ3v) is 4.37. The van der Waals surface area contributed by atoms with E-state index in [1.807, 2.05) is 11.8 Å². The molecule has 0 aliphatic heterocycles. The van der Waals surface area contributed by atoms with Crippen molar-refractivity contribution in [1.29, 1.82) is 0 Å². The Bertz CT molecular complexity index is 521. The summed E-state index contributed by atoms with van der Waals surface area (Å²) in [5, 5.41) is 9.54. The smallest absolute Gasteiger partial charge is 0.0841 e. The van der Waals surface area contributed by atoms with Crippen molar-refractivity contribution >= 4 is 22.7 Å². The Morgan fingerprint density at radius 1 is 1.32 bits per heavy atom. The van der Waals surface area contributed by atoms with E-state index < -0.39 is 0 Å². The van der Waals surface area contributed by atoms with Gasteiger partial charge in [-0.3, -0.25) is 4.68 Å². The van der Waals surface area contributed by atoms with Gasteiger partial charge in [0, 0.05) is 30.3 Å². The summed E-state index contributed by atoms with van der Waals surface area (Å²) in [7, 11) is 0. The normalized spacial score (nSPS) is 13.0. The van der Waals surface area contributed by atoms with Crippen LogP contribution in [0.5, 0.6) is 0 Å². The minimum atomic E-state index is 0.524. The molecule has 0 amide bonds. The van der Waals surface area contributed by atoms with E-state index in [9.17, 15) is 0 Å². The maximum absolute atomic E-state index is 4.71. The van der Waals surface area contributed by atoms with Crippen LogP contribution in [0.15, 0.2) is 24.3 Å². The topological polar surface area (TPSA) is 29.9 Å². The Morgan fingerprint density at radius 3 is 2.84 bits per heavy atom. The van der Waals surface area contributed by atoms with Gasteiger partial charge in [-0.1, -0.05) is 25.1 Å². The highest BCUT2D eigenvalue weighted by molar-refractivity contribution is 7.99. The highest BCUT2D eigenvalue weighted by atomic mass is 32.2. The van der Waals surface area contributed by atoms with E-state index in [4.69, 9.17) is 5.10 Å². The molecule has 1 N–H and O–H groups in total. The van der Waals surface area contributed by atoms with Crippen molar-refractivity contribution in [3.63, 3.8) is 0 Å². The molecule has 0 saturated carbocycles. The molecule has 104 valence electrons. The summed E-state index contributed by atoms with van der Waals surface area (Å²) in [6.45, 7) is 8.34. The molecule has 2 aromatic rings. The lowest BCUT2D eigenvalue weighted by Crippen LogP contribution is -2.28. The SMILES string of the molecule is CCSCC(C)NCc1nn(CC)c2ccccc12. The minimum absolute atomic E-state index is 0.524. The average molecular weight is 277 g/mol. The number of nitrogens with one attached hydrogen (secondary N) is 1. The lowest BCUT2D eigenvalue weighted by molar-refractivity contribution is 0.576. The maximum Gasteiger partial charge on any atom is 0.0841 e. The van der Waals surface area contributed by atoms with Gasteiger partial charge in [0.15, 0.2) is 0 Å². The van der Waals surface area contributed by atoms with Gasteiger partial charge in [0.1, 0.15) is 0 Å². The van der Waals surface area contributed by atoms with Crippen LogP contribution >= 0.6 is 11.8 Å². The number of aryl methyl sites for hydroxylation is 1. The van der Waals surface area contributed by atoms with Gasteiger partial charge in [0.25, 0.3) is 0 Å². The first kappa shape index (κ1) is 14.4. The summed E-state index contributed by atoms with van der Waals surface area (Å²) in [4.78, 5) is 0. The van der Waals surface area contributed by atoms with Gasteiger partial charge >= 0.3 is 0 Å². The van der Waals surface area contributed by atoms with Crippen molar-refractivity contribution in [2.24, 2.45) is 0 Å².